The largest absolute Gasteiger partial charge is 0.309 e. The lowest BCUT2D eigenvalue weighted by atomic mass is 10.1. The minimum Gasteiger partial charge on any atom is -0.309 e. The Morgan fingerprint density at radius 1 is 1.07 bits per heavy atom. The zero-order valence-electron chi connectivity index (χ0n) is 17.2. The van der Waals surface area contributed by atoms with Gasteiger partial charge in [-0.15, -0.1) is 0 Å². The molecule has 0 unspecified atom stereocenters. The summed E-state index contributed by atoms with van der Waals surface area (Å²) < 4.78 is 0. The van der Waals surface area contributed by atoms with Crippen LogP contribution in [0.15, 0.2) is 48.5 Å². The van der Waals surface area contributed by atoms with Gasteiger partial charge in [-0.3, -0.25) is 4.90 Å². The number of nitrogens with zero attached hydrogens (tertiary/aromatic N) is 4. The summed E-state index contributed by atoms with van der Waals surface area (Å²) in [5, 5.41) is 14.3. The molecule has 0 saturated carbocycles. The summed E-state index contributed by atoms with van der Waals surface area (Å²) in [4.78, 5) is 4.29. The monoisotopic (exact) mass is 443 g/mol. The van der Waals surface area contributed by atoms with E-state index >= 15 is 0 Å². The van der Waals surface area contributed by atoms with Crippen LogP contribution in [0.1, 0.15) is 31.0 Å². The van der Waals surface area contributed by atoms with Crippen LogP contribution < -0.4 is 5.32 Å². The second-order valence-corrected chi connectivity index (χ2v) is 8.51. The molecule has 158 valence electrons. The maximum atomic E-state index is 6.17. The third-order valence-electron chi connectivity index (χ3n) is 5.66. The zero-order valence-corrected chi connectivity index (χ0v) is 18.7. The number of halogens is 2. The van der Waals surface area contributed by atoms with Crippen molar-refractivity contribution in [1.82, 2.24) is 25.2 Å². The molecule has 0 radical (unpaired) electrons. The fourth-order valence-electron chi connectivity index (χ4n) is 4.09. The van der Waals surface area contributed by atoms with Crippen LogP contribution in [0.2, 0.25) is 10.0 Å². The van der Waals surface area contributed by atoms with Crippen LogP contribution in [0, 0.1) is 0 Å². The third-order valence-corrected chi connectivity index (χ3v) is 6.40. The number of aromatic nitrogens is 3. The highest BCUT2D eigenvalue weighted by Crippen LogP contribution is 2.24. The lowest BCUT2D eigenvalue weighted by Crippen LogP contribution is -2.37. The zero-order chi connectivity index (χ0) is 20.9. The Hall–Kier alpha value is -1.92. The first-order chi connectivity index (χ1) is 14.6. The van der Waals surface area contributed by atoms with Gasteiger partial charge in [-0.1, -0.05) is 66.5 Å². The number of benzene rings is 2. The van der Waals surface area contributed by atoms with Gasteiger partial charge in [0.1, 0.15) is 11.4 Å². The van der Waals surface area contributed by atoms with Crippen molar-refractivity contribution >= 4 is 23.2 Å². The van der Waals surface area contributed by atoms with E-state index in [1.807, 2.05) is 36.4 Å². The number of likely N-dealkylation sites (N-methyl/N-ethyl adjacent to an activating group) is 1. The highest BCUT2D eigenvalue weighted by molar-refractivity contribution is 6.42. The molecule has 1 saturated heterocycles. The van der Waals surface area contributed by atoms with Gasteiger partial charge in [0.05, 0.1) is 16.6 Å². The molecule has 3 aromatic rings. The molecule has 1 atom stereocenters. The Morgan fingerprint density at radius 2 is 1.90 bits per heavy atom. The van der Waals surface area contributed by atoms with E-state index in [4.69, 9.17) is 33.4 Å². The van der Waals surface area contributed by atoms with Crippen LogP contribution in [0.25, 0.3) is 11.3 Å². The first-order valence-electron chi connectivity index (χ1n) is 10.5. The topological polar surface area (TPSA) is 46.0 Å². The van der Waals surface area contributed by atoms with Gasteiger partial charge in [-0.05, 0) is 43.6 Å². The molecule has 1 N–H and O–H groups in total. The third kappa shape index (κ3) is 5.03. The number of likely N-dealkylation sites (tertiary alicyclic amines) is 1. The van der Waals surface area contributed by atoms with Gasteiger partial charge in [0, 0.05) is 24.7 Å². The second-order valence-electron chi connectivity index (χ2n) is 7.70. The Morgan fingerprint density at radius 3 is 2.67 bits per heavy atom. The lowest BCUT2D eigenvalue weighted by Gasteiger charge is -2.22. The maximum absolute atomic E-state index is 6.17. The van der Waals surface area contributed by atoms with E-state index in [-0.39, 0.29) is 0 Å². The average molecular weight is 444 g/mol. The Kier molecular flexibility index (Phi) is 7.05. The van der Waals surface area contributed by atoms with E-state index in [0.717, 1.165) is 35.6 Å². The summed E-state index contributed by atoms with van der Waals surface area (Å²) >= 11 is 12.2. The Bertz CT molecular complexity index is 973. The first-order valence-corrected chi connectivity index (χ1v) is 11.3. The maximum Gasteiger partial charge on any atom is 0.117 e. The SMILES string of the molecule is CCN1CCC[C@@H]1CNCc1nn(Cc2ccc(Cl)c(Cl)c2)nc1-c1ccccc1. The first kappa shape index (κ1) is 21.3. The van der Waals surface area contributed by atoms with Crippen molar-refractivity contribution in [3.63, 3.8) is 0 Å². The summed E-state index contributed by atoms with van der Waals surface area (Å²) in [5.41, 5.74) is 3.97. The summed E-state index contributed by atoms with van der Waals surface area (Å²) in [5.74, 6) is 0. The molecule has 2 aromatic carbocycles. The van der Waals surface area contributed by atoms with Gasteiger partial charge in [0.2, 0.25) is 0 Å². The highest BCUT2D eigenvalue weighted by atomic mass is 35.5. The molecule has 5 nitrogen and oxygen atoms in total. The summed E-state index contributed by atoms with van der Waals surface area (Å²) in [6, 6.07) is 16.5. The number of hydrogen-bond donors (Lipinski definition) is 1. The number of hydrogen-bond acceptors (Lipinski definition) is 4. The Balaban J connectivity index is 1.51. The van der Waals surface area contributed by atoms with Crippen LogP contribution in [-0.4, -0.2) is 45.6 Å². The van der Waals surface area contributed by atoms with Gasteiger partial charge < -0.3 is 5.32 Å². The summed E-state index contributed by atoms with van der Waals surface area (Å²) in [6.45, 7) is 6.77. The van der Waals surface area contributed by atoms with E-state index in [9.17, 15) is 0 Å². The van der Waals surface area contributed by atoms with Crippen molar-refractivity contribution in [1.29, 1.82) is 0 Å². The van der Waals surface area contributed by atoms with Crippen LogP contribution in [0.3, 0.4) is 0 Å². The van der Waals surface area contributed by atoms with Gasteiger partial charge in [0.25, 0.3) is 0 Å². The van der Waals surface area contributed by atoms with E-state index < -0.39 is 0 Å². The molecule has 30 heavy (non-hydrogen) atoms. The molecule has 0 amide bonds. The highest BCUT2D eigenvalue weighted by Gasteiger charge is 2.22. The second kappa shape index (κ2) is 9.92. The molecular formula is C23H27Cl2N5. The normalized spacial score (nSPS) is 17.0. The van der Waals surface area contributed by atoms with Crippen LogP contribution in [0.4, 0.5) is 0 Å². The number of rotatable bonds is 8. The van der Waals surface area contributed by atoms with Crippen molar-refractivity contribution in [3.8, 4) is 11.3 Å². The van der Waals surface area contributed by atoms with E-state index in [0.29, 0.717) is 29.2 Å². The van der Waals surface area contributed by atoms with E-state index in [1.165, 1.54) is 19.4 Å². The van der Waals surface area contributed by atoms with Crippen molar-refractivity contribution in [2.24, 2.45) is 0 Å². The van der Waals surface area contributed by atoms with E-state index in [1.54, 1.807) is 4.80 Å². The molecule has 1 fully saturated rings. The van der Waals surface area contributed by atoms with Crippen LogP contribution >= 0.6 is 23.2 Å². The summed E-state index contributed by atoms with van der Waals surface area (Å²) in [7, 11) is 0. The van der Waals surface area contributed by atoms with Crippen molar-refractivity contribution < 1.29 is 0 Å². The smallest absolute Gasteiger partial charge is 0.117 e. The van der Waals surface area contributed by atoms with E-state index in [2.05, 4.69) is 29.3 Å². The molecule has 0 bridgehead atoms. The molecular weight excluding hydrogens is 417 g/mol. The van der Waals surface area contributed by atoms with Crippen molar-refractivity contribution in [2.75, 3.05) is 19.6 Å². The lowest BCUT2D eigenvalue weighted by molar-refractivity contribution is 0.259. The molecule has 1 aromatic heterocycles. The van der Waals surface area contributed by atoms with Crippen molar-refractivity contribution in [2.45, 2.75) is 38.9 Å². The molecule has 0 spiro atoms. The molecule has 0 aliphatic carbocycles. The van der Waals surface area contributed by atoms with Gasteiger partial charge in [-0.25, -0.2) is 0 Å². The predicted molar refractivity (Wildman–Crippen MR) is 123 cm³/mol. The molecule has 4 rings (SSSR count). The predicted octanol–water partition coefficient (Wildman–Crippen LogP) is 4.87. The fourth-order valence-corrected chi connectivity index (χ4v) is 4.41. The standard InChI is InChI=1S/C23H27Cl2N5/c1-2-29-12-6-9-19(29)14-26-15-22-23(18-7-4-3-5-8-18)28-30(27-22)16-17-10-11-20(24)21(25)13-17/h3-5,7-8,10-11,13,19,26H,2,6,9,12,14-16H2,1H3/t19-/m1/s1. The Labute approximate surface area is 188 Å². The van der Waals surface area contributed by atoms with Gasteiger partial charge in [0.15, 0.2) is 0 Å². The van der Waals surface area contributed by atoms with Gasteiger partial charge in [-0.2, -0.15) is 15.0 Å². The van der Waals surface area contributed by atoms with Crippen molar-refractivity contribution in [3.05, 3.63) is 69.8 Å². The quantitative estimate of drug-likeness (QED) is 0.538. The summed E-state index contributed by atoms with van der Waals surface area (Å²) in [6.07, 6.45) is 2.55. The molecule has 1 aliphatic rings. The molecule has 2 heterocycles. The molecule has 1 aliphatic heterocycles. The van der Waals surface area contributed by atoms with Gasteiger partial charge >= 0.3 is 0 Å². The molecule has 7 heteroatoms. The van der Waals surface area contributed by atoms with Crippen LogP contribution in [-0.2, 0) is 13.1 Å². The fraction of sp³-hybridized carbons (Fsp3) is 0.391. The minimum absolute atomic E-state index is 0.545. The number of nitrogens with one attached hydrogen (secondary N) is 1. The average Bonchev–Trinajstić information content (AvgIpc) is 3.38. The minimum atomic E-state index is 0.545. The van der Waals surface area contributed by atoms with Crippen LogP contribution in [0.5, 0.6) is 0 Å².